The van der Waals surface area contributed by atoms with E-state index < -0.39 is 5.97 Å². The van der Waals surface area contributed by atoms with Crippen molar-refractivity contribution in [2.24, 2.45) is 0 Å². The predicted molar refractivity (Wildman–Crippen MR) is 69.2 cm³/mol. The van der Waals surface area contributed by atoms with Crippen LogP contribution >= 0.6 is 22.9 Å². The highest BCUT2D eigenvalue weighted by molar-refractivity contribution is 7.18. The molecule has 0 aliphatic rings. The molecule has 2 N–H and O–H groups in total. The van der Waals surface area contributed by atoms with Gasteiger partial charge < -0.3 is 15.0 Å². The summed E-state index contributed by atoms with van der Waals surface area (Å²) in [6, 6.07) is 0. The van der Waals surface area contributed by atoms with Gasteiger partial charge in [-0.15, -0.1) is 0 Å². The second-order valence-electron chi connectivity index (χ2n) is 3.38. The number of esters is 1. The Balaban J connectivity index is 1.92. The summed E-state index contributed by atoms with van der Waals surface area (Å²) in [5, 5.41) is 3.85. The number of carbonyl (C=O) groups excluding carboxylic acids is 1. The number of aromatic nitrogens is 3. The van der Waals surface area contributed by atoms with E-state index in [4.69, 9.17) is 11.6 Å². The van der Waals surface area contributed by atoms with E-state index in [-0.39, 0.29) is 5.15 Å². The Hall–Kier alpha value is -1.60. The summed E-state index contributed by atoms with van der Waals surface area (Å²) < 4.78 is 4.60. The molecule has 0 saturated carbocycles. The number of imidazole rings is 1. The van der Waals surface area contributed by atoms with Gasteiger partial charge in [0.1, 0.15) is 0 Å². The number of aromatic amines is 1. The summed E-state index contributed by atoms with van der Waals surface area (Å²) in [5.41, 5.74) is 1.03. The van der Waals surface area contributed by atoms with E-state index in [0.717, 1.165) is 12.1 Å². The number of ether oxygens (including phenoxy) is 1. The van der Waals surface area contributed by atoms with Crippen molar-refractivity contribution in [3.8, 4) is 0 Å². The zero-order chi connectivity index (χ0) is 13.0. The summed E-state index contributed by atoms with van der Waals surface area (Å²) >= 11 is 7.01. The Labute approximate surface area is 112 Å². The molecule has 0 aromatic carbocycles. The van der Waals surface area contributed by atoms with Crippen molar-refractivity contribution in [1.29, 1.82) is 0 Å². The average Bonchev–Trinajstić information content (AvgIpc) is 2.98. The lowest BCUT2D eigenvalue weighted by atomic mass is 10.3. The Morgan fingerprint density at radius 2 is 2.50 bits per heavy atom. The smallest absolute Gasteiger partial charge is 0.351 e. The Kier molecular flexibility index (Phi) is 4.16. The zero-order valence-electron chi connectivity index (χ0n) is 9.57. The number of rotatable bonds is 5. The van der Waals surface area contributed by atoms with Gasteiger partial charge in [-0.05, 0) is 0 Å². The molecule has 0 fully saturated rings. The standard InChI is InChI=1S/C10H11ClN4O2S/c1-17-9(16)7-8(11)15-10(18-7)13-3-2-6-4-12-5-14-6/h4-5H,2-3H2,1H3,(H,12,14)(H,13,15). The first-order valence-electron chi connectivity index (χ1n) is 5.16. The lowest BCUT2D eigenvalue weighted by molar-refractivity contribution is 0.0606. The number of H-pyrrole nitrogens is 1. The summed E-state index contributed by atoms with van der Waals surface area (Å²) in [4.78, 5) is 22.6. The first-order valence-corrected chi connectivity index (χ1v) is 6.36. The van der Waals surface area contributed by atoms with Crippen LogP contribution in [0.25, 0.3) is 0 Å². The Morgan fingerprint density at radius 1 is 1.67 bits per heavy atom. The third-order valence-corrected chi connectivity index (χ3v) is 3.56. The largest absolute Gasteiger partial charge is 0.465 e. The lowest BCUT2D eigenvalue weighted by Gasteiger charge is -1.99. The third kappa shape index (κ3) is 2.99. The molecule has 0 aliphatic heterocycles. The SMILES string of the molecule is COC(=O)c1sc(NCCc2cnc[nH]2)nc1Cl. The van der Waals surface area contributed by atoms with E-state index in [9.17, 15) is 4.79 Å². The van der Waals surface area contributed by atoms with Gasteiger partial charge in [-0.25, -0.2) is 14.8 Å². The van der Waals surface area contributed by atoms with Crippen molar-refractivity contribution < 1.29 is 9.53 Å². The molecular weight excluding hydrogens is 276 g/mol. The van der Waals surface area contributed by atoms with E-state index in [0.29, 0.717) is 16.6 Å². The van der Waals surface area contributed by atoms with Crippen LogP contribution in [0.15, 0.2) is 12.5 Å². The molecule has 2 aromatic heterocycles. The van der Waals surface area contributed by atoms with Crippen molar-refractivity contribution in [1.82, 2.24) is 15.0 Å². The molecule has 18 heavy (non-hydrogen) atoms. The maximum absolute atomic E-state index is 11.3. The maximum Gasteiger partial charge on any atom is 0.351 e. The fourth-order valence-corrected chi connectivity index (χ4v) is 2.45. The van der Waals surface area contributed by atoms with Gasteiger partial charge in [0.05, 0.1) is 13.4 Å². The Morgan fingerprint density at radius 3 is 3.17 bits per heavy atom. The Bertz CT molecular complexity index is 526. The van der Waals surface area contributed by atoms with E-state index in [1.54, 1.807) is 12.5 Å². The second kappa shape index (κ2) is 5.83. The summed E-state index contributed by atoms with van der Waals surface area (Å²) in [6.07, 6.45) is 4.17. The van der Waals surface area contributed by atoms with Gasteiger partial charge in [-0.3, -0.25) is 0 Å². The summed E-state index contributed by atoms with van der Waals surface area (Å²) in [5.74, 6) is -0.473. The van der Waals surface area contributed by atoms with Crippen LogP contribution in [0, 0.1) is 0 Å². The van der Waals surface area contributed by atoms with Crippen LogP contribution < -0.4 is 5.32 Å². The molecule has 0 amide bonds. The van der Waals surface area contributed by atoms with Crippen molar-refractivity contribution in [3.63, 3.8) is 0 Å². The molecule has 0 saturated heterocycles. The van der Waals surface area contributed by atoms with Crippen LogP contribution in [0.2, 0.25) is 5.15 Å². The fourth-order valence-electron chi connectivity index (χ4n) is 1.32. The van der Waals surface area contributed by atoms with E-state index in [1.165, 1.54) is 18.4 Å². The number of anilines is 1. The van der Waals surface area contributed by atoms with Crippen LogP contribution in [0.1, 0.15) is 15.4 Å². The van der Waals surface area contributed by atoms with Crippen LogP contribution in [0.3, 0.4) is 0 Å². The van der Waals surface area contributed by atoms with Gasteiger partial charge in [0.15, 0.2) is 15.2 Å². The van der Waals surface area contributed by atoms with Crippen LogP contribution in [0.5, 0.6) is 0 Å². The number of nitrogens with zero attached hydrogens (tertiary/aromatic N) is 2. The predicted octanol–water partition coefficient (Wildman–Crippen LogP) is 1.96. The van der Waals surface area contributed by atoms with E-state index in [1.807, 2.05) is 0 Å². The molecule has 0 unspecified atom stereocenters. The molecule has 8 heteroatoms. The molecule has 0 radical (unpaired) electrons. The van der Waals surface area contributed by atoms with Crippen molar-refractivity contribution in [3.05, 3.63) is 28.2 Å². The summed E-state index contributed by atoms with van der Waals surface area (Å²) in [6.45, 7) is 0.673. The minimum atomic E-state index is -0.473. The molecule has 0 bridgehead atoms. The molecule has 0 atom stereocenters. The molecule has 2 aromatic rings. The fraction of sp³-hybridized carbons (Fsp3) is 0.300. The minimum absolute atomic E-state index is 0.163. The quantitative estimate of drug-likeness (QED) is 0.821. The first-order chi connectivity index (χ1) is 8.70. The van der Waals surface area contributed by atoms with Crippen LogP contribution in [-0.2, 0) is 11.2 Å². The van der Waals surface area contributed by atoms with Crippen LogP contribution in [0.4, 0.5) is 5.13 Å². The molecule has 2 rings (SSSR count). The normalized spacial score (nSPS) is 10.3. The third-order valence-electron chi connectivity index (χ3n) is 2.18. The number of nitrogens with one attached hydrogen (secondary N) is 2. The summed E-state index contributed by atoms with van der Waals surface area (Å²) in [7, 11) is 1.31. The monoisotopic (exact) mass is 286 g/mol. The number of hydrogen-bond donors (Lipinski definition) is 2. The van der Waals surface area contributed by atoms with Gasteiger partial charge in [0.25, 0.3) is 0 Å². The minimum Gasteiger partial charge on any atom is -0.465 e. The zero-order valence-corrected chi connectivity index (χ0v) is 11.1. The molecule has 96 valence electrons. The number of hydrogen-bond acceptors (Lipinski definition) is 6. The highest BCUT2D eigenvalue weighted by atomic mass is 35.5. The number of methoxy groups -OCH3 is 1. The van der Waals surface area contributed by atoms with Crippen LogP contribution in [-0.4, -0.2) is 34.6 Å². The molecule has 2 heterocycles. The van der Waals surface area contributed by atoms with Gasteiger partial charge in [-0.2, -0.15) is 0 Å². The van der Waals surface area contributed by atoms with Crippen molar-refractivity contribution >= 4 is 34.0 Å². The number of carbonyl (C=O) groups is 1. The highest BCUT2D eigenvalue weighted by Gasteiger charge is 2.16. The number of halogens is 1. The van der Waals surface area contributed by atoms with Gasteiger partial charge in [0, 0.05) is 24.9 Å². The van der Waals surface area contributed by atoms with E-state index >= 15 is 0 Å². The van der Waals surface area contributed by atoms with Gasteiger partial charge >= 0.3 is 5.97 Å². The highest BCUT2D eigenvalue weighted by Crippen LogP contribution is 2.27. The van der Waals surface area contributed by atoms with Crippen molar-refractivity contribution in [2.45, 2.75) is 6.42 Å². The molecule has 0 aliphatic carbocycles. The topological polar surface area (TPSA) is 79.9 Å². The molecule has 0 spiro atoms. The maximum atomic E-state index is 11.3. The number of thiazole rings is 1. The van der Waals surface area contributed by atoms with Crippen molar-refractivity contribution in [2.75, 3.05) is 19.0 Å². The van der Waals surface area contributed by atoms with E-state index in [2.05, 4.69) is 25.0 Å². The molecular formula is C10H11ClN4O2S. The van der Waals surface area contributed by atoms with Gasteiger partial charge in [0.2, 0.25) is 0 Å². The van der Waals surface area contributed by atoms with Gasteiger partial charge in [-0.1, -0.05) is 22.9 Å². The second-order valence-corrected chi connectivity index (χ2v) is 4.74. The lowest BCUT2D eigenvalue weighted by Crippen LogP contribution is -2.04. The average molecular weight is 287 g/mol. The molecule has 6 nitrogen and oxygen atoms in total. The first kappa shape index (κ1) is 12.8.